The topological polar surface area (TPSA) is 66.5 Å². The lowest BCUT2D eigenvalue weighted by atomic mass is 10.3. The van der Waals surface area contributed by atoms with Crippen LogP contribution in [0.15, 0.2) is 41.3 Å². The lowest BCUT2D eigenvalue weighted by Gasteiger charge is -2.11. The van der Waals surface area contributed by atoms with Crippen LogP contribution >= 0.6 is 11.3 Å². The first-order chi connectivity index (χ1) is 10.3. The van der Waals surface area contributed by atoms with Gasteiger partial charge in [0, 0.05) is 24.7 Å². The van der Waals surface area contributed by atoms with Crippen LogP contribution in [-0.4, -0.2) is 32.7 Å². The number of nitrogens with zero attached hydrogens (tertiary/aromatic N) is 1. The van der Waals surface area contributed by atoms with Gasteiger partial charge in [0.15, 0.2) is 0 Å². The van der Waals surface area contributed by atoms with Crippen molar-refractivity contribution in [1.29, 1.82) is 0 Å². The molecule has 1 N–H and O–H groups in total. The fraction of sp³-hybridized carbons (Fsp3) is 0.267. The van der Waals surface area contributed by atoms with Crippen LogP contribution in [0.1, 0.15) is 21.5 Å². The Kier molecular flexibility index (Phi) is 5.00. The molecule has 0 atom stereocenters. The first-order valence-corrected chi connectivity index (χ1v) is 9.03. The molecule has 7 heteroatoms. The molecule has 0 saturated carbocycles. The fourth-order valence-corrected chi connectivity index (χ4v) is 3.55. The van der Waals surface area contributed by atoms with E-state index < -0.39 is 10.0 Å². The number of hydrogen-bond acceptors (Lipinski definition) is 4. The predicted molar refractivity (Wildman–Crippen MR) is 89.0 cm³/mol. The Morgan fingerprint density at radius 1 is 1.14 bits per heavy atom. The van der Waals surface area contributed by atoms with E-state index in [2.05, 4.69) is 5.32 Å². The van der Waals surface area contributed by atoms with Crippen LogP contribution in [0.2, 0.25) is 0 Å². The minimum atomic E-state index is -3.45. The summed E-state index contributed by atoms with van der Waals surface area (Å²) in [4.78, 5) is 14.1. The van der Waals surface area contributed by atoms with E-state index in [1.807, 2.05) is 13.0 Å². The predicted octanol–water partition coefficient (Wildman–Crippen LogP) is 2.81. The normalized spacial score (nSPS) is 11.6. The van der Waals surface area contributed by atoms with Crippen LogP contribution in [0.5, 0.6) is 0 Å². The monoisotopic (exact) mass is 338 g/mol. The van der Waals surface area contributed by atoms with Crippen molar-refractivity contribution in [3.05, 3.63) is 46.2 Å². The van der Waals surface area contributed by atoms with Crippen LogP contribution in [0, 0.1) is 0 Å². The van der Waals surface area contributed by atoms with Gasteiger partial charge in [-0.25, -0.2) is 12.7 Å². The van der Waals surface area contributed by atoms with Gasteiger partial charge in [-0.15, -0.1) is 11.3 Å². The van der Waals surface area contributed by atoms with Crippen molar-refractivity contribution < 1.29 is 13.2 Å². The van der Waals surface area contributed by atoms with Gasteiger partial charge in [-0.3, -0.25) is 4.79 Å². The molecule has 0 aliphatic heterocycles. The van der Waals surface area contributed by atoms with Gasteiger partial charge < -0.3 is 5.32 Å². The Bertz CT molecular complexity index is 762. The summed E-state index contributed by atoms with van der Waals surface area (Å²) in [7, 11) is -0.493. The molecule has 1 amide bonds. The first-order valence-electron chi connectivity index (χ1n) is 6.77. The molecule has 2 rings (SSSR count). The summed E-state index contributed by atoms with van der Waals surface area (Å²) in [5.41, 5.74) is 0.564. The number of hydrogen-bond donors (Lipinski definition) is 1. The maximum Gasteiger partial charge on any atom is 0.265 e. The van der Waals surface area contributed by atoms with Gasteiger partial charge in [0.05, 0.1) is 9.77 Å². The van der Waals surface area contributed by atoms with Crippen molar-refractivity contribution >= 4 is 33.0 Å². The van der Waals surface area contributed by atoms with Crippen molar-refractivity contribution in [1.82, 2.24) is 4.31 Å². The largest absolute Gasteiger partial charge is 0.321 e. The second-order valence-electron chi connectivity index (χ2n) is 4.89. The third kappa shape index (κ3) is 3.55. The second-order valence-corrected chi connectivity index (χ2v) is 8.21. The van der Waals surface area contributed by atoms with E-state index in [-0.39, 0.29) is 10.8 Å². The lowest BCUT2D eigenvalue weighted by Crippen LogP contribution is -2.22. The summed E-state index contributed by atoms with van der Waals surface area (Å²) in [5, 5.41) is 2.77. The smallest absolute Gasteiger partial charge is 0.265 e. The zero-order chi connectivity index (χ0) is 16.3. The molecule has 0 fully saturated rings. The third-order valence-electron chi connectivity index (χ3n) is 3.12. The van der Waals surface area contributed by atoms with Gasteiger partial charge in [-0.05, 0) is 42.8 Å². The molecule has 22 heavy (non-hydrogen) atoms. The van der Waals surface area contributed by atoms with Crippen molar-refractivity contribution in [2.24, 2.45) is 0 Å². The summed E-state index contributed by atoms with van der Waals surface area (Å²) < 4.78 is 25.1. The Morgan fingerprint density at radius 2 is 1.77 bits per heavy atom. The van der Waals surface area contributed by atoms with Gasteiger partial charge in [0.25, 0.3) is 5.91 Å². The maximum absolute atomic E-state index is 12.1. The van der Waals surface area contributed by atoms with E-state index in [1.54, 1.807) is 18.2 Å². The molecule has 1 heterocycles. The van der Waals surface area contributed by atoms with Crippen molar-refractivity contribution in [2.45, 2.75) is 18.2 Å². The number of carbonyl (C=O) groups excluding carboxylic acids is 1. The number of benzene rings is 1. The van der Waals surface area contributed by atoms with Gasteiger partial charge >= 0.3 is 0 Å². The van der Waals surface area contributed by atoms with Gasteiger partial charge in [-0.2, -0.15) is 0 Å². The van der Waals surface area contributed by atoms with Crippen LogP contribution in [0.25, 0.3) is 0 Å². The standard InChI is InChI=1S/C15H18N2O3S2/c1-4-12-7-10-14(21-12)15(18)16-11-5-8-13(9-6-11)22(19,20)17(2)3/h5-10H,4H2,1-3H3,(H,16,18). The number of aryl methyl sites for hydroxylation is 1. The Hall–Kier alpha value is -1.70. The van der Waals surface area contributed by atoms with Crippen LogP contribution in [-0.2, 0) is 16.4 Å². The molecule has 2 aromatic rings. The Morgan fingerprint density at radius 3 is 2.27 bits per heavy atom. The number of anilines is 1. The molecule has 0 saturated heterocycles. The van der Waals surface area contributed by atoms with Crippen molar-refractivity contribution in [3.8, 4) is 0 Å². The summed E-state index contributed by atoms with van der Waals surface area (Å²) in [6, 6.07) is 9.87. The Balaban J connectivity index is 2.13. The number of sulfonamides is 1. The zero-order valence-corrected chi connectivity index (χ0v) is 14.3. The minimum Gasteiger partial charge on any atom is -0.321 e. The van der Waals surface area contributed by atoms with Gasteiger partial charge in [-0.1, -0.05) is 6.92 Å². The van der Waals surface area contributed by atoms with E-state index in [4.69, 9.17) is 0 Å². The summed E-state index contributed by atoms with van der Waals surface area (Å²) in [5.74, 6) is -0.187. The summed E-state index contributed by atoms with van der Waals surface area (Å²) >= 11 is 1.46. The Labute approximate surface area is 134 Å². The van der Waals surface area contributed by atoms with Crippen LogP contribution in [0.4, 0.5) is 5.69 Å². The summed E-state index contributed by atoms with van der Waals surface area (Å²) in [6.45, 7) is 2.04. The highest BCUT2D eigenvalue weighted by atomic mass is 32.2. The number of carbonyl (C=O) groups is 1. The molecule has 0 unspecified atom stereocenters. The molecular formula is C15H18N2O3S2. The maximum atomic E-state index is 12.1. The fourth-order valence-electron chi connectivity index (χ4n) is 1.80. The molecule has 118 valence electrons. The highest BCUT2D eigenvalue weighted by Crippen LogP contribution is 2.20. The highest BCUT2D eigenvalue weighted by Gasteiger charge is 2.17. The lowest BCUT2D eigenvalue weighted by molar-refractivity contribution is 0.103. The number of rotatable bonds is 5. The van der Waals surface area contributed by atoms with E-state index in [0.29, 0.717) is 10.6 Å². The molecule has 0 aliphatic rings. The van der Waals surface area contributed by atoms with Crippen molar-refractivity contribution in [2.75, 3.05) is 19.4 Å². The van der Waals surface area contributed by atoms with Crippen LogP contribution < -0.4 is 5.32 Å². The first kappa shape index (κ1) is 16.7. The number of nitrogens with one attached hydrogen (secondary N) is 1. The second kappa shape index (κ2) is 6.60. The van der Waals surface area contributed by atoms with E-state index in [9.17, 15) is 13.2 Å². The number of thiophene rings is 1. The molecule has 0 spiro atoms. The van der Waals surface area contributed by atoms with Crippen LogP contribution in [0.3, 0.4) is 0 Å². The summed E-state index contributed by atoms with van der Waals surface area (Å²) in [6.07, 6.45) is 0.898. The third-order valence-corrected chi connectivity index (χ3v) is 6.18. The quantitative estimate of drug-likeness (QED) is 0.911. The van der Waals surface area contributed by atoms with E-state index in [1.165, 1.54) is 37.6 Å². The molecule has 1 aromatic heterocycles. The SMILES string of the molecule is CCc1ccc(C(=O)Nc2ccc(S(=O)(=O)N(C)C)cc2)s1. The number of amides is 1. The molecule has 0 aliphatic carbocycles. The average molecular weight is 338 g/mol. The molecular weight excluding hydrogens is 320 g/mol. The molecule has 0 radical (unpaired) electrons. The molecule has 1 aromatic carbocycles. The molecule has 0 bridgehead atoms. The average Bonchev–Trinajstić information content (AvgIpc) is 2.96. The zero-order valence-electron chi connectivity index (χ0n) is 12.7. The highest BCUT2D eigenvalue weighted by molar-refractivity contribution is 7.89. The van der Waals surface area contributed by atoms with E-state index >= 15 is 0 Å². The molecule has 5 nitrogen and oxygen atoms in total. The van der Waals surface area contributed by atoms with Gasteiger partial charge in [0.2, 0.25) is 10.0 Å². The van der Waals surface area contributed by atoms with Crippen molar-refractivity contribution in [3.63, 3.8) is 0 Å². The van der Waals surface area contributed by atoms with E-state index in [0.717, 1.165) is 15.6 Å². The minimum absolute atomic E-state index is 0.187. The van der Waals surface area contributed by atoms with Gasteiger partial charge in [0.1, 0.15) is 0 Å².